The van der Waals surface area contributed by atoms with Crippen LogP contribution in [-0.2, 0) is 9.63 Å². The largest absolute Gasteiger partial charge is 0.489 e. The van der Waals surface area contributed by atoms with E-state index in [1.54, 1.807) is 29.3 Å². The van der Waals surface area contributed by atoms with E-state index in [-0.39, 0.29) is 11.9 Å². The van der Waals surface area contributed by atoms with Gasteiger partial charge in [0.25, 0.3) is 0 Å². The Kier molecular flexibility index (Phi) is 8.03. The average molecular weight is 580 g/mol. The molecule has 2 heterocycles. The van der Waals surface area contributed by atoms with Crippen molar-refractivity contribution in [3.8, 4) is 16.9 Å². The Morgan fingerprint density at radius 1 is 1.07 bits per heavy atom. The number of fused-ring (bicyclic) bond motifs is 1. The molecule has 1 aliphatic carbocycles. The minimum atomic E-state index is -1.02. The normalized spacial score (nSPS) is 22.7. The molecule has 0 aromatic heterocycles. The Balaban J connectivity index is 1.34. The smallest absolute Gasteiger partial charge is 0.241 e. The number of benzene rings is 3. The summed E-state index contributed by atoms with van der Waals surface area (Å²) < 4.78 is 19.4. The van der Waals surface area contributed by atoms with Gasteiger partial charge in [-0.25, -0.2) is 4.39 Å². The van der Waals surface area contributed by atoms with Crippen molar-refractivity contribution in [2.75, 3.05) is 19.6 Å². The number of hydrogen-bond donors (Lipinski definition) is 2. The van der Waals surface area contributed by atoms with Gasteiger partial charge >= 0.3 is 0 Å². The Bertz CT molecular complexity index is 1410. The van der Waals surface area contributed by atoms with Gasteiger partial charge in [0.2, 0.25) is 5.91 Å². The van der Waals surface area contributed by atoms with E-state index >= 15 is 0 Å². The van der Waals surface area contributed by atoms with Crippen molar-refractivity contribution >= 4 is 17.5 Å². The quantitative estimate of drug-likeness (QED) is 0.337. The number of aliphatic hydroxyl groups is 1. The number of primary amides is 1. The number of rotatable bonds is 9. The highest BCUT2D eigenvalue weighted by molar-refractivity contribution is 6.32. The van der Waals surface area contributed by atoms with Gasteiger partial charge in [0.15, 0.2) is 0 Å². The summed E-state index contributed by atoms with van der Waals surface area (Å²) in [5, 5.41) is 13.9. The lowest BCUT2D eigenvalue weighted by Crippen LogP contribution is -2.53. The molecule has 0 spiro atoms. The second-order valence-corrected chi connectivity index (χ2v) is 11.7. The zero-order valence-corrected chi connectivity index (χ0v) is 23.8. The van der Waals surface area contributed by atoms with Crippen molar-refractivity contribution in [3.05, 3.63) is 88.2 Å². The molecular weight excluding hydrogens is 545 g/mol. The second kappa shape index (κ2) is 11.7. The summed E-state index contributed by atoms with van der Waals surface area (Å²) in [5.41, 5.74) is 9.93. The van der Waals surface area contributed by atoms with Gasteiger partial charge in [-0.2, -0.15) is 5.06 Å². The molecule has 1 amide bonds. The number of carbonyl (C=O) groups is 1. The van der Waals surface area contributed by atoms with Crippen LogP contribution in [-0.4, -0.2) is 52.8 Å². The molecule has 2 fully saturated rings. The molecule has 0 radical (unpaired) electrons. The Labute approximate surface area is 244 Å². The Hall–Kier alpha value is -3.01. The van der Waals surface area contributed by atoms with E-state index in [0.717, 1.165) is 61.0 Å². The van der Waals surface area contributed by atoms with Gasteiger partial charge < -0.3 is 20.5 Å². The predicted octanol–water partition coefficient (Wildman–Crippen LogP) is 5.72. The molecule has 2 aliphatic heterocycles. The first-order valence-electron chi connectivity index (χ1n) is 14.3. The maximum absolute atomic E-state index is 13.5. The van der Waals surface area contributed by atoms with Crippen LogP contribution in [0.5, 0.6) is 5.75 Å². The monoisotopic (exact) mass is 579 g/mol. The van der Waals surface area contributed by atoms with Crippen LogP contribution >= 0.6 is 11.6 Å². The third-order valence-corrected chi connectivity index (χ3v) is 8.55. The lowest BCUT2D eigenvalue weighted by atomic mass is 9.89. The molecule has 216 valence electrons. The van der Waals surface area contributed by atoms with Crippen LogP contribution in [0.15, 0.2) is 60.7 Å². The number of hydrogen-bond acceptors (Lipinski definition) is 6. The van der Waals surface area contributed by atoms with E-state index in [4.69, 9.17) is 26.9 Å². The van der Waals surface area contributed by atoms with Gasteiger partial charge in [0.05, 0.1) is 23.3 Å². The molecule has 41 heavy (non-hydrogen) atoms. The molecule has 3 aromatic carbocycles. The Morgan fingerprint density at radius 2 is 1.78 bits per heavy atom. The maximum Gasteiger partial charge on any atom is 0.241 e. The standard InChI is InChI=1S/C32H35ClFN3O4/c1-19-26-16-21(20-4-8-23(34)9-5-20)6-12-25(26)30(32(35)39)37(41-19)28(18-36-14-2-3-15-36)31(38)22-7-13-29(27(33)17-22)40-24-10-11-24/h4-9,12-13,16-17,19,24,28,30-31,38H,2-3,10-11,14-15,18H2,1H3,(H2,35,39)/t19?,28-,30?,31-/m1/s1. The molecule has 4 atom stereocenters. The fraction of sp³-hybridized carbons (Fsp3) is 0.406. The lowest BCUT2D eigenvalue weighted by Gasteiger charge is -2.44. The molecule has 2 unspecified atom stereocenters. The number of likely N-dealkylation sites (tertiary alicyclic amines) is 1. The number of aliphatic hydroxyl groups excluding tert-OH is 1. The molecule has 1 saturated heterocycles. The van der Waals surface area contributed by atoms with Gasteiger partial charge in [-0.05, 0) is 104 Å². The van der Waals surface area contributed by atoms with Crippen molar-refractivity contribution in [2.24, 2.45) is 5.73 Å². The van der Waals surface area contributed by atoms with Crippen LogP contribution < -0.4 is 10.5 Å². The van der Waals surface area contributed by atoms with Crippen LogP contribution in [0.4, 0.5) is 4.39 Å². The minimum Gasteiger partial charge on any atom is -0.489 e. The van der Waals surface area contributed by atoms with Gasteiger partial charge in [-0.1, -0.05) is 41.9 Å². The summed E-state index contributed by atoms with van der Waals surface area (Å²) >= 11 is 6.56. The van der Waals surface area contributed by atoms with Gasteiger partial charge in [0.1, 0.15) is 23.7 Å². The minimum absolute atomic E-state index is 0.203. The van der Waals surface area contributed by atoms with Crippen LogP contribution in [0.3, 0.4) is 0 Å². The number of carbonyl (C=O) groups excluding carboxylic acids is 1. The fourth-order valence-corrected chi connectivity index (χ4v) is 6.15. The first-order chi connectivity index (χ1) is 19.8. The zero-order chi connectivity index (χ0) is 28.7. The molecule has 6 rings (SSSR count). The highest BCUT2D eigenvalue weighted by Crippen LogP contribution is 2.43. The van der Waals surface area contributed by atoms with Crippen molar-refractivity contribution in [2.45, 2.75) is 63.0 Å². The van der Waals surface area contributed by atoms with Crippen LogP contribution in [0.1, 0.15) is 67.5 Å². The first kappa shape index (κ1) is 28.1. The molecule has 3 aromatic rings. The van der Waals surface area contributed by atoms with E-state index < -0.39 is 30.2 Å². The number of amides is 1. The molecule has 3 N–H and O–H groups in total. The number of ether oxygens (including phenoxy) is 1. The molecule has 9 heteroatoms. The fourth-order valence-electron chi connectivity index (χ4n) is 5.92. The van der Waals surface area contributed by atoms with Crippen molar-refractivity contribution in [1.29, 1.82) is 0 Å². The lowest BCUT2D eigenvalue weighted by molar-refractivity contribution is -0.267. The zero-order valence-electron chi connectivity index (χ0n) is 23.0. The third-order valence-electron chi connectivity index (χ3n) is 8.25. The number of nitrogens with zero attached hydrogens (tertiary/aromatic N) is 2. The van der Waals surface area contributed by atoms with Crippen molar-refractivity contribution in [1.82, 2.24) is 9.96 Å². The number of hydroxylamine groups is 2. The van der Waals surface area contributed by atoms with Gasteiger partial charge in [0, 0.05) is 6.54 Å². The van der Waals surface area contributed by atoms with E-state index in [1.807, 2.05) is 31.2 Å². The highest BCUT2D eigenvalue weighted by atomic mass is 35.5. The molecule has 1 saturated carbocycles. The highest BCUT2D eigenvalue weighted by Gasteiger charge is 2.43. The summed E-state index contributed by atoms with van der Waals surface area (Å²) in [7, 11) is 0. The summed E-state index contributed by atoms with van der Waals surface area (Å²) in [6, 6.07) is 15.9. The topological polar surface area (TPSA) is 88.3 Å². The summed E-state index contributed by atoms with van der Waals surface area (Å²) in [6.45, 7) is 4.21. The molecular formula is C32H35ClFN3O4. The third kappa shape index (κ3) is 5.98. The summed E-state index contributed by atoms with van der Waals surface area (Å²) in [4.78, 5) is 21.8. The van der Waals surface area contributed by atoms with E-state index in [2.05, 4.69) is 4.90 Å². The van der Waals surface area contributed by atoms with Crippen LogP contribution in [0.2, 0.25) is 5.02 Å². The summed E-state index contributed by atoms with van der Waals surface area (Å²) in [6.07, 6.45) is 2.95. The van der Waals surface area contributed by atoms with E-state index in [9.17, 15) is 14.3 Å². The second-order valence-electron chi connectivity index (χ2n) is 11.3. The maximum atomic E-state index is 13.5. The summed E-state index contributed by atoms with van der Waals surface area (Å²) in [5.74, 6) is -0.274. The first-order valence-corrected chi connectivity index (χ1v) is 14.7. The van der Waals surface area contributed by atoms with Crippen LogP contribution in [0, 0.1) is 5.82 Å². The van der Waals surface area contributed by atoms with Crippen LogP contribution in [0.25, 0.3) is 11.1 Å². The van der Waals surface area contributed by atoms with Gasteiger partial charge in [-0.15, -0.1) is 0 Å². The average Bonchev–Trinajstić information content (AvgIpc) is 3.63. The predicted molar refractivity (Wildman–Crippen MR) is 155 cm³/mol. The van der Waals surface area contributed by atoms with E-state index in [1.165, 1.54) is 12.1 Å². The Morgan fingerprint density at radius 3 is 2.44 bits per heavy atom. The van der Waals surface area contributed by atoms with Gasteiger partial charge in [-0.3, -0.25) is 9.63 Å². The number of nitrogens with two attached hydrogens (primary N) is 1. The van der Waals surface area contributed by atoms with Crippen molar-refractivity contribution < 1.29 is 23.9 Å². The van der Waals surface area contributed by atoms with Crippen molar-refractivity contribution in [3.63, 3.8) is 0 Å². The number of halogens is 2. The van der Waals surface area contributed by atoms with E-state index in [0.29, 0.717) is 22.9 Å². The molecule has 0 bridgehead atoms. The SMILES string of the molecule is CC1ON([C@H](CN2CCCC2)[C@H](O)c2ccc(OC3CC3)c(Cl)c2)C(C(N)=O)c2ccc(-c3ccc(F)cc3)cc21. The molecule has 3 aliphatic rings. The molecule has 7 nitrogen and oxygen atoms in total.